The Hall–Kier alpha value is -2.64. The summed E-state index contributed by atoms with van der Waals surface area (Å²) < 4.78 is 13.0. The highest BCUT2D eigenvalue weighted by molar-refractivity contribution is 5.79. The van der Waals surface area contributed by atoms with E-state index in [1.165, 1.54) is 18.4 Å². The number of aromatic nitrogens is 2. The highest BCUT2D eigenvalue weighted by Gasteiger charge is 2.18. The number of likely N-dealkylation sites (tertiary alicyclic amines) is 1. The van der Waals surface area contributed by atoms with Gasteiger partial charge in [-0.3, -0.25) is 10.00 Å². The molecule has 1 aliphatic rings. The minimum absolute atomic E-state index is 0.158. The van der Waals surface area contributed by atoms with E-state index < -0.39 is 0 Å². The van der Waals surface area contributed by atoms with Gasteiger partial charge in [0, 0.05) is 10.9 Å². The molecule has 132 valence electrons. The molecular weight excluding hydrogens is 325 g/mol. The maximum Gasteiger partial charge on any atom is 0.123 e. The third-order valence-corrected chi connectivity index (χ3v) is 5.12. The van der Waals surface area contributed by atoms with E-state index in [9.17, 15) is 4.39 Å². The molecule has 0 unspecified atom stereocenters. The summed E-state index contributed by atoms with van der Waals surface area (Å²) in [6, 6.07) is 13.0. The third-order valence-electron chi connectivity index (χ3n) is 5.12. The van der Waals surface area contributed by atoms with Crippen LogP contribution < -0.4 is 0 Å². The maximum absolute atomic E-state index is 13.0. The minimum Gasteiger partial charge on any atom is -0.292 e. The van der Waals surface area contributed by atoms with Crippen LogP contribution in [0.2, 0.25) is 0 Å². The fraction of sp³-hybridized carbons (Fsp3) is 0.318. The van der Waals surface area contributed by atoms with Crippen molar-refractivity contribution in [3.8, 4) is 11.8 Å². The number of hydrogen-bond donors (Lipinski definition) is 1. The van der Waals surface area contributed by atoms with E-state index in [1.807, 2.05) is 30.5 Å². The van der Waals surface area contributed by atoms with Crippen molar-refractivity contribution in [3.05, 3.63) is 65.6 Å². The number of piperidine rings is 1. The Morgan fingerprint density at radius 3 is 2.73 bits per heavy atom. The summed E-state index contributed by atoms with van der Waals surface area (Å²) in [4.78, 5) is 2.42. The van der Waals surface area contributed by atoms with Crippen LogP contribution in [0.5, 0.6) is 0 Å². The predicted molar refractivity (Wildman–Crippen MR) is 102 cm³/mol. The normalized spacial score (nSPS) is 15.7. The first-order valence-corrected chi connectivity index (χ1v) is 9.15. The Labute approximate surface area is 153 Å². The average Bonchev–Trinajstić information content (AvgIpc) is 3.13. The average molecular weight is 347 g/mol. The smallest absolute Gasteiger partial charge is 0.123 e. The number of hydrogen-bond acceptors (Lipinski definition) is 2. The number of rotatable bonds is 3. The zero-order valence-electron chi connectivity index (χ0n) is 14.7. The van der Waals surface area contributed by atoms with Gasteiger partial charge in [0.15, 0.2) is 0 Å². The second-order valence-electron chi connectivity index (χ2n) is 7.02. The summed E-state index contributed by atoms with van der Waals surface area (Å²) in [5.41, 5.74) is 3.31. The van der Waals surface area contributed by atoms with Crippen LogP contribution >= 0.6 is 0 Å². The lowest BCUT2D eigenvalue weighted by Gasteiger charge is -2.30. The van der Waals surface area contributed by atoms with Crippen molar-refractivity contribution in [2.45, 2.75) is 19.3 Å². The van der Waals surface area contributed by atoms with E-state index in [2.05, 4.69) is 33.0 Å². The fourth-order valence-corrected chi connectivity index (χ4v) is 3.58. The van der Waals surface area contributed by atoms with E-state index >= 15 is 0 Å². The van der Waals surface area contributed by atoms with Crippen molar-refractivity contribution >= 4 is 10.9 Å². The van der Waals surface area contributed by atoms with Crippen LogP contribution in [-0.4, -0.2) is 34.7 Å². The molecule has 3 nitrogen and oxygen atoms in total. The molecule has 0 aliphatic carbocycles. The van der Waals surface area contributed by atoms with Gasteiger partial charge in [-0.05, 0) is 74.2 Å². The SMILES string of the molecule is Fc1ccc(CC2CCN(CC#Cc3ccc4[nH]ncc4c3)CC2)cc1. The molecule has 4 rings (SSSR count). The number of halogens is 1. The topological polar surface area (TPSA) is 31.9 Å². The van der Waals surface area contributed by atoms with Crippen LogP contribution in [-0.2, 0) is 6.42 Å². The zero-order valence-corrected chi connectivity index (χ0v) is 14.7. The van der Waals surface area contributed by atoms with Gasteiger partial charge in [0.2, 0.25) is 0 Å². The summed E-state index contributed by atoms with van der Waals surface area (Å²) >= 11 is 0. The van der Waals surface area contributed by atoms with Gasteiger partial charge in [0.05, 0.1) is 18.3 Å². The van der Waals surface area contributed by atoms with Crippen molar-refractivity contribution in [2.24, 2.45) is 5.92 Å². The molecule has 2 aromatic carbocycles. The molecule has 0 amide bonds. The van der Waals surface area contributed by atoms with Gasteiger partial charge in [0.1, 0.15) is 5.82 Å². The van der Waals surface area contributed by atoms with Gasteiger partial charge in [-0.15, -0.1) is 0 Å². The summed E-state index contributed by atoms with van der Waals surface area (Å²) in [5.74, 6) is 7.09. The Bertz CT molecular complexity index is 925. The number of nitrogens with zero attached hydrogens (tertiary/aromatic N) is 2. The molecule has 1 fully saturated rings. The van der Waals surface area contributed by atoms with Gasteiger partial charge in [-0.1, -0.05) is 24.0 Å². The molecule has 3 aromatic rings. The monoisotopic (exact) mass is 347 g/mol. The van der Waals surface area contributed by atoms with Gasteiger partial charge in [-0.25, -0.2) is 4.39 Å². The van der Waals surface area contributed by atoms with Crippen molar-refractivity contribution < 1.29 is 4.39 Å². The third kappa shape index (κ3) is 4.12. The number of nitrogens with one attached hydrogen (secondary N) is 1. The van der Waals surface area contributed by atoms with Crippen LogP contribution in [0.3, 0.4) is 0 Å². The highest BCUT2D eigenvalue weighted by Crippen LogP contribution is 2.21. The summed E-state index contributed by atoms with van der Waals surface area (Å²) in [6.45, 7) is 2.98. The van der Waals surface area contributed by atoms with Crippen LogP contribution in [0, 0.1) is 23.6 Å². The molecule has 0 saturated carbocycles. The zero-order chi connectivity index (χ0) is 17.8. The second-order valence-corrected chi connectivity index (χ2v) is 7.02. The molecule has 0 spiro atoms. The van der Waals surface area contributed by atoms with E-state index in [-0.39, 0.29) is 5.82 Å². The molecule has 0 radical (unpaired) electrons. The number of aromatic amines is 1. The number of benzene rings is 2. The van der Waals surface area contributed by atoms with E-state index in [4.69, 9.17) is 0 Å². The largest absolute Gasteiger partial charge is 0.292 e. The van der Waals surface area contributed by atoms with Crippen molar-refractivity contribution in [1.82, 2.24) is 15.1 Å². The Kier molecular flexibility index (Phi) is 4.99. The molecule has 26 heavy (non-hydrogen) atoms. The lowest BCUT2D eigenvalue weighted by atomic mass is 9.90. The lowest BCUT2D eigenvalue weighted by molar-refractivity contribution is 0.203. The molecule has 0 atom stereocenters. The first-order chi connectivity index (χ1) is 12.8. The van der Waals surface area contributed by atoms with Crippen molar-refractivity contribution in [3.63, 3.8) is 0 Å². The van der Waals surface area contributed by atoms with Crippen LogP contribution in [0.25, 0.3) is 10.9 Å². The first-order valence-electron chi connectivity index (χ1n) is 9.15. The lowest BCUT2D eigenvalue weighted by Crippen LogP contribution is -2.34. The minimum atomic E-state index is -0.158. The summed E-state index contributed by atoms with van der Waals surface area (Å²) in [7, 11) is 0. The summed E-state index contributed by atoms with van der Waals surface area (Å²) in [5, 5.41) is 8.09. The van der Waals surface area contributed by atoms with E-state index in [1.54, 1.807) is 12.1 Å². The second kappa shape index (κ2) is 7.72. The Morgan fingerprint density at radius 2 is 1.92 bits per heavy atom. The fourth-order valence-electron chi connectivity index (χ4n) is 3.58. The van der Waals surface area contributed by atoms with Gasteiger partial charge in [0.25, 0.3) is 0 Å². The standard InChI is InChI=1S/C22H22FN3/c23-21-6-3-18(4-7-21)14-19-9-12-26(13-10-19)11-1-2-17-5-8-22-20(15-17)16-24-25-22/h3-8,15-16,19H,9-14H2,(H,24,25). The molecule has 1 N–H and O–H groups in total. The van der Waals surface area contributed by atoms with Crippen molar-refractivity contribution in [2.75, 3.05) is 19.6 Å². The molecule has 4 heteroatoms. The molecule has 1 aliphatic heterocycles. The molecule has 1 saturated heterocycles. The highest BCUT2D eigenvalue weighted by atomic mass is 19.1. The van der Waals surface area contributed by atoms with Gasteiger partial charge < -0.3 is 0 Å². The Balaban J connectivity index is 1.27. The number of fused-ring (bicyclic) bond motifs is 1. The van der Waals surface area contributed by atoms with Crippen LogP contribution in [0.15, 0.2) is 48.7 Å². The van der Waals surface area contributed by atoms with Gasteiger partial charge >= 0.3 is 0 Å². The van der Waals surface area contributed by atoms with E-state index in [0.29, 0.717) is 5.92 Å². The van der Waals surface area contributed by atoms with Crippen LogP contribution in [0.4, 0.5) is 4.39 Å². The molecular formula is C22H22FN3. The summed E-state index contributed by atoms with van der Waals surface area (Å²) in [6.07, 6.45) is 5.23. The quantitative estimate of drug-likeness (QED) is 0.726. The maximum atomic E-state index is 13.0. The van der Waals surface area contributed by atoms with Crippen molar-refractivity contribution in [1.29, 1.82) is 0 Å². The van der Waals surface area contributed by atoms with Gasteiger partial charge in [-0.2, -0.15) is 5.10 Å². The van der Waals surface area contributed by atoms with E-state index in [0.717, 1.165) is 42.5 Å². The molecule has 1 aromatic heterocycles. The first kappa shape index (κ1) is 16.8. The predicted octanol–water partition coefficient (Wildman–Crippen LogP) is 4.01. The molecule has 2 heterocycles. The number of H-pyrrole nitrogens is 1. The Morgan fingerprint density at radius 1 is 1.12 bits per heavy atom. The molecule has 0 bridgehead atoms. The van der Waals surface area contributed by atoms with Crippen LogP contribution in [0.1, 0.15) is 24.0 Å².